The van der Waals surface area contributed by atoms with Crippen LogP contribution >= 0.6 is 0 Å². The van der Waals surface area contributed by atoms with Crippen molar-refractivity contribution in [1.82, 2.24) is 10.2 Å². The molecule has 2 aromatic carbocycles. The molecule has 4 rings (SSSR count). The van der Waals surface area contributed by atoms with Gasteiger partial charge >= 0.3 is 12.1 Å². The van der Waals surface area contributed by atoms with E-state index in [-0.39, 0.29) is 12.3 Å². The lowest BCUT2D eigenvalue weighted by atomic mass is 9.86. The number of carbonyl (C=O) groups excluding carboxylic acids is 2. The number of amides is 2. The number of carbonyl (C=O) groups is 3. The van der Waals surface area contributed by atoms with Crippen LogP contribution < -0.4 is 5.32 Å². The third kappa shape index (κ3) is 5.85. The minimum absolute atomic E-state index is 0.300. The first-order chi connectivity index (χ1) is 17.1. The quantitative estimate of drug-likeness (QED) is 0.541. The van der Waals surface area contributed by atoms with Crippen LogP contribution in [-0.2, 0) is 14.3 Å². The number of carboxylic acid groups (broad SMARTS) is 1. The van der Waals surface area contributed by atoms with Crippen molar-refractivity contribution in [1.29, 1.82) is 0 Å². The Morgan fingerprint density at radius 3 is 1.97 bits per heavy atom. The van der Waals surface area contributed by atoms with E-state index in [2.05, 4.69) is 41.7 Å². The third-order valence-electron chi connectivity index (χ3n) is 6.34. The first-order valence-corrected chi connectivity index (χ1v) is 12.2. The van der Waals surface area contributed by atoms with Gasteiger partial charge in [0.15, 0.2) is 0 Å². The maximum Gasteiger partial charge on any atom is 0.408 e. The lowest BCUT2D eigenvalue weighted by molar-refractivity contribution is -0.143. The van der Waals surface area contributed by atoms with Crippen LogP contribution in [0.4, 0.5) is 4.79 Å². The van der Waals surface area contributed by atoms with Crippen LogP contribution in [0, 0.1) is 0 Å². The highest BCUT2D eigenvalue weighted by atomic mass is 16.6. The number of nitrogens with one attached hydrogen (secondary N) is 1. The van der Waals surface area contributed by atoms with Crippen molar-refractivity contribution in [3.63, 3.8) is 0 Å². The van der Waals surface area contributed by atoms with E-state index in [9.17, 15) is 19.5 Å². The number of benzene rings is 2. The summed E-state index contributed by atoms with van der Waals surface area (Å²) in [6, 6.07) is 15.3. The normalized spacial score (nSPS) is 15.9. The van der Waals surface area contributed by atoms with Crippen LogP contribution in [0.1, 0.15) is 62.3 Å². The second kappa shape index (κ2) is 10.4. The van der Waals surface area contributed by atoms with Crippen LogP contribution in [0.15, 0.2) is 54.1 Å². The molecule has 0 saturated carbocycles. The highest BCUT2D eigenvalue weighted by Gasteiger charge is 2.30. The van der Waals surface area contributed by atoms with Gasteiger partial charge in [0.2, 0.25) is 5.91 Å². The minimum Gasteiger partial charge on any atom is -0.480 e. The number of piperidine rings is 1. The first-order valence-electron chi connectivity index (χ1n) is 12.2. The van der Waals surface area contributed by atoms with Gasteiger partial charge in [-0.25, -0.2) is 9.59 Å². The van der Waals surface area contributed by atoms with Gasteiger partial charge in [-0.1, -0.05) is 66.3 Å². The molecule has 1 saturated heterocycles. The van der Waals surface area contributed by atoms with Crippen molar-refractivity contribution < 1.29 is 24.2 Å². The lowest BCUT2D eigenvalue weighted by Crippen LogP contribution is -2.47. The van der Waals surface area contributed by atoms with Gasteiger partial charge < -0.3 is 20.1 Å². The van der Waals surface area contributed by atoms with Crippen LogP contribution in [0.5, 0.6) is 0 Å². The van der Waals surface area contributed by atoms with Gasteiger partial charge in [-0.2, -0.15) is 0 Å². The monoisotopic (exact) mass is 488 g/mol. The van der Waals surface area contributed by atoms with Gasteiger partial charge in [-0.3, -0.25) is 4.79 Å². The Morgan fingerprint density at radius 1 is 0.944 bits per heavy atom. The molecule has 0 spiro atoms. The lowest BCUT2D eigenvalue weighted by Gasteiger charge is -2.31. The molecule has 7 heteroatoms. The SMILES string of the molecule is CC(C)(C)OC(=O)N[C@H](CC(=O)N1CCC(=C2c3ccccc3C=Cc3ccccc32)CC1)C(=O)O. The fraction of sp³-hybridized carbons (Fsp3) is 0.345. The second-order valence-corrected chi connectivity index (χ2v) is 10.1. The van der Waals surface area contributed by atoms with Crippen molar-refractivity contribution >= 4 is 35.7 Å². The summed E-state index contributed by atoms with van der Waals surface area (Å²) in [5.74, 6) is -1.57. The number of aliphatic carboxylic acids is 1. The molecule has 0 bridgehead atoms. The zero-order valence-corrected chi connectivity index (χ0v) is 20.9. The standard InChI is InChI=1S/C29H32N2O5/c1-29(2,3)36-28(35)30-24(27(33)34)18-25(32)31-16-14-21(15-17-31)26-22-10-6-4-8-19(22)12-13-20-9-5-7-11-23(20)26/h4-13,24H,14-18H2,1-3H3,(H,30,35)(H,33,34)/t24-/m1/s1. The number of carboxylic acids is 1. The second-order valence-electron chi connectivity index (χ2n) is 10.1. The van der Waals surface area contributed by atoms with Crippen LogP contribution in [-0.4, -0.2) is 52.7 Å². The molecule has 1 aliphatic carbocycles. The maximum atomic E-state index is 13.0. The van der Waals surface area contributed by atoms with Crippen molar-refractivity contribution in [3.05, 3.63) is 76.4 Å². The summed E-state index contributed by atoms with van der Waals surface area (Å²) in [5, 5.41) is 11.8. The maximum absolute atomic E-state index is 13.0. The number of fused-ring (bicyclic) bond motifs is 2. The molecule has 1 atom stereocenters. The zero-order valence-electron chi connectivity index (χ0n) is 20.9. The van der Waals surface area contributed by atoms with E-state index in [4.69, 9.17) is 4.74 Å². The number of ether oxygens (including phenoxy) is 1. The van der Waals surface area contributed by atoms with E-state index in [0.29, 0.717) is 25.9 Å². The van der Waals surface area contributed by atoms with Gasteiger partial charge in [0.25, 0.3) is 0 Å². The van der Waals surface area contributed by atoms with E-state index in [1.165, 1.54) is 22.3 Å². The Labute approximate surface area is 211 Å². The summed E-state index contributed by atoms with van der Waals surface area (Å²) in [4.78, 5) is 38.4. The van der Waals surface area contributed by atoms with E-state index in [0.717, 1.165) is 11.1 Å². The van der Waals surface area contributed by atoms with Gasteiger partial charge in [0.05, 0.1) is 6.42 Å². The van der Waals surface area contributed by atoms with Crippen LogP contribution in [0.3, 0.4) is 0 Å². The number of rotatable bonds is 4. The predicted molar refractivity (Wildman–Crippen MR) is 139 cm³/mol. The molecule has 1 aliphatic heterocycles. The average molecular weight is 489 g/mol. The summed E-state index contributed by atoms with van der Waals surface area (Å²) in [6.07, 6.45) is 4.50. The Hall–Kier alpha value is -3.87. The highest BCUT2D eigenvalue weighted by Crippen LogP contribution is 2.38. The number of nitrogens with zero attached hydrogens (tertiary/aromatic N) is 1. The van der Waals surface area contributed by atoms with E-state index < -0.39 is 23.7 Å². The van der Waals surface area contributed by atoms with Crippen molar-refractivity contribution in [2.24, 2.45) is 0 Å². The summed E-state index contributed by atoms with van der Waals surface area (Å²) in [5.41, 5.74) is 6.41. The third-order valence-corrected chi connectivity index (χ3v) is 6.34. The molecular formula is C29H32N2O5. The van der Waals surface area contributed by atoms with Gasteiger partial charge in [0.1, 0.15) is 11.6 Å². The fourth-order valence-electron chi connectivity index (χ4n) is 4.68. The first kappa shape index (κ1) is 25.2. The molecule has 1 fully saturated rings. The Kier molecular flexibility index (Phi) is 7.29. The molecule has 0 radical (unpaired) electrons. The summed E-state index contributed by atoms with van der Waals surface area (Å²) in [6.45, 7) is 6.06. The van der Waals surface area contributed by atoms with Crippen LogP contribution in [0.2, 0.25) is 0 Å². The molecule has 2 aliphatic rings. The van der Waals surface area contributed by atoms with Crippen molar-refractivity contribution in [3.8, 4) is 0 Å². The van der Waals surface area contributed by atoms with E-state index in [1.807, 2.05) is 24.3 Å². The van der Waals surface area contributed by atoms with E-state index in [1.54, 1.807) is 25.7 Å². The van der Waals surface area contributed by atoms with Crippen LogP contribution in [0.25, 0.3) is 17.7 Å². The summed E-state index contributed by atoms with van der Waals surface area (Å²) >= 11 is 0. The van der Waals surface area contributed by atoms with Gasteiger partial charge in [0, 0.05) is 13.1 Å². The molecule has 7 nitrogen and oxygen atoms in total. The Morgan fingerprint density at radius 2 is 1.47 bits per heavy atom. The zero-order chi connectivity index (χ0) is 25.9. The number of hydrogen-bond donors (Lipinski definition) is 2. The highest BCUT2D eigenvalue weighted by molar-refractivity contribution is 5.95. The Balaban J connectivity index is 1.50. The largest absolute Gasteiger partial charge is 0.480 e. The molecule has 188 valence electrons. The number of likely N-dealkylation sites (tertiary alicyclic amines) is 1. The molecule has 0 aromatic heterocycles. The predicted octanol–water partition coefficient (Wildman–Crippen LogP) is 4.96. The fourth-order valence-corrected chi connectivity index (χ4v) is 4.68. The minimum atomic E-state index is -1.35. The van der Waals surface area contributed by atoms with E-state index >= 15 is 0 Å². The topological polar surface area (TPSA) is 95.9 Å². The van der Waals surface area contributed by atoms with Gasteiger partial charge in [-0.15, -0.1) is 0 Å². The van der Waals surface area contributed by atoms with Gasteiger partial charge in [-0.05, 0) is 61.4 Å². The smallest absolute Gasteiger partial charge is 0.408 e. The number of alkyl carbamates (subject to hydrolysis) is 1. The molecule has 2 amide bonds. The molecule has 36 heavy (non-hydrogen) atoms. The average Bonchev–Trinajstić information content (AvgIpc) is 2.99. The molecule has 1 heterocycles. The molecular weight excluding hydrogens is 456 g/mol. The number of hydrogen-bond acceptors (Lipinski definition) is 4. The molecule has 2 N–H and O–H groups in total. The summed E-state index contributed by atoms with van der Waals surface area (Å²) < 4.78 is 5.14. The Bertz CT molecular complexity index is 1180. The summed E-state index contributed by atoms with van der Waals surface area (Å²) in [7, 11) is 0. The van der Waals surface area contributed by atoms with Crippen molar-refractivity contribution in [2.75, 3.05) is 13.1 Å². The molecule has 2 aromatic rings. The molecule has 0 unspecified atom stereocenters. The van der Waals surface area contributed by atoms with Crippen molar-refractivity contribution in [2.45, 2.75) is 51.7 Å².